The fourth-order valence-electron chi connectivity index (χ4n) is 5.26. The van der Waals surface area contributed by atoms with Gasteiger partial charge in [-0.3, -0.25) is 0 Å². The van der Waals surface area contributed by atoms with Gasteiger partial charge in [0.05, 0.1) is 7.11 Å². The molecule has 0 saturated heterocycles. The van der Waals surface area contributed by atoms with Crippen molar-refractivity contribution < 1.29 is 4.74 Å². The zero-order valence-corrected chi connectivity index (χ0v) is 17.0. The Morgan fingerprint density at radius 2 is 1.12 bits per heavy atom. The minimum Gasteiger partial charge on any atom is -0.496 e. The van der Waals surface area contributed by atoms with E-state index in [4.69, 9.17) is 4.74 Å². The predicted octanol–water partition coefficient (Wildman–Crippen LogP) is 3.08. The van der Waals surface area contributed by atoms with Gasteiger partial charge in [-0.2, -0.15) is 21.0 Å². The number of nitrogens with zero attached hydrogens (tertiary/aromatic N) is 4. The molecular formula is C27H14N4O. The molecule has 148 valence electrons. The molecule has 3 aliphatic rings. The smallest absolute Gasteiger partial charge is 0.137 e. The number of ether oxygens (including phenoxy) is 1. The lowest BCUT2D eigenvalue weighted by Crippen LogP contribution is -2.38. The van der Waals surface area contributed by atoms with Crippen LogP contribution in [0.3, 0.4) is 0 Å². The van der Waals surface area contributed by atoms with Crippen LogP contribution in [0.15, 0.2) is 54.6 Å². The van der Waals surface area contributed by atoms with E-state index < -0.39 is 0 Å². The van der Waals surface area contributed by atoms with Crippen molar-refractivity contribution in [3.05, 3.63) is 98.4 Å². The fraction of sp³-hybridized carbons (Fsp3) is 0.111. The van der Waals surface area contributed by atoms with E-state index in [2.05, 4.69) is 12.1 Å². The fourth-order valence-corrected chi connectivity index (χ4v) is 5.26. The van der Waals surface area contributed by atoms with Crippen molar-refractivity contribution in [2.24, 2.45) is 0 Å². The second-order valence-electron chi connectivity index (χ2n) is 7.64. The molecule has 0 unspecified atom stereocenters. The summed E-state index contributed by atoms with van der Waals surface area (Å²) in [5.41, 5.74) is 5.83. The summed E-state index contributed by atoms with van der Waals surface area (Å²) in [7, 11) is 1.63. The van der Waals surface area contributed by atoms with Crippen LogP contribution < -0.4 is 15.2 Å². The number of nitriles is 4. The van der Waals surface area contributed by atoms with Gasteiger partial charge in [0, 0.05) is 27.8 Å². The van der Waals surface area contributed by atoms with Crippen molar-refractivity contribution in [2.75, 3.05) is 7.11 Å². The van der Waals surface area contributed by atoms with Crippen LogP contribution in [-0.4, -0.2) is 7.11 Å². The molecule has 0 heterocycles. The maximum Gasteiger partial charge on any atom is 0.137 e. The van der Waals surface area contributed by atoms with E-state index in [9.17, 15) is 21.0 Å². The van der Waals surface area contributed by atoms with Crippen molar-refractivity contribution in [1.29, 1.82) is 21.0 Å². The lowest BCUT2D eigenvalue weighted by atomic mass is 9.60. The molecule has 0 N–H and O–H groups in total. The first-order valence-corrected chi connectivity index (χ1v) is 9.97. The van der Waals surface area contributed by atoms with Gasteiger partial charge in [0.15, 0.2) is 0 Å². The molecule has 32 heavy (non-hydrogen) atoms. The van der Waals surface area contributed by atoms with Gasteiger partial charge in [-0.1, -0.05) is 48.5 Å². The lowest BCUT2D eigenvalue weighted by Gasteiger charge is -2.43. The van der Waals surface area contributed by atoms with Crippen molar-refractivity contribution >= 4 is 11.1 Å². The summed E-state index contributed by atoms with van der Waals surface area (Å²) in [5, 5.41) is 39.7. The molecule has 0 saturated carbocycles. The van der Waals surface area contributed by atoms with Crippen LogP contribution in [0.5, 0.6) is 5.75 Å². The van der Waals surface area contributed by atoms with E-state index in [1.54, 1.807) is 19.2 Å². The van der Waals surface area contributed by atoms with Gasteiger partial charge in [-0.05, 0) is 33.9 Å². The Bertz CT molecular complexity index is 1590. The van der Waals surface area contributed by atoms with Gasteiger partial charge in [-0.15, -0.1) is 0 Å². The first-order chi connectivity index (χ1) is 15.7. The Kier molecular flexibility index (Phi) is 4.27. The van der Waals surface area contributed by atoms with Crippen molar-refractivity contribution in [3.8, 4) is 30.0 Å². The summed E-state index contributed by atoms with van der Waals surface area (Å²) in [6.45, 7) is 0. The highest BCUT2D eigenvalue weighted by Crippen LogP contribution is 2.56. The van der Waals surface area contributed by atoms with Gasteiger partial charge in [0.1, 0.15) is 41.2 Å². The molecule has 0 spiro atoms. The number of hydrogen-bond donors (Lipinski definition) is 0. The first-order valence-electron chi connectivity index (χ1n) is 9.97. The van der Waals surface area contributed by atoms with E-state index in [0.29, 0.717) is 10.4 Å². The number of rotatable bonds is 1. The maximum atomic E-state index is 9.67. The average Bonchev–Trinajstić information content (AvgIpc) is 2.85. The van der Waals surface area contributed by atoms with Crippen LogP contribution in [0.25, 0.3) is 11.1 Å². The van der Waals surface area contributed by atoms with E-state index >= 15 is 0 Å². The molecule has 5 heteroatoms. The molecule has 0 aliphatic heterocycles. The number of benzene rings is 3. The minimum absolute atomic E-state index is 0.00439. The molecule has 0 aromatic heterocycles. The molecule has 3 aromatic rings. The Labute approximate surface area is 184 Å². The van der Waals surface area contributed by atoms with Crippen LogP contribution in [0.4, 0.5) is 0 Å². The summed E-state index contributed by atoms with van der Waals surface area (Å²) in [4.78, 5) is 0. The third kappa shape index (κ3) is 2.34. The van der Waals surface area contributed by atoms with Crippen LogP contribution in [-0.2, 0) is 0 Å². The van der Waals surface area contributed by atoms with Crippen molar-refractivity contribution in [2.45, 2.75) is 11.8 Å². The SMILES string of the molecule is COc1cccc2c1[C@@H]1c3ccccc3[C@H]2c2c1c(=C(C#N)C#N)ccc2=C(C#N)C#N. The monoisotopic (exact) mass is 410 g/mol. The van der Waals surface area contributed by atoms with Crippen LogP contribution in [0.2, 0.25) is 0 Å². The van der Waals surface area contributed by atoms with Crippen molar-refractivity contribution in [1.82, 2.24) is 0 Å². The molecule has 0 radical (unpaired) electrons. The molecular weight excluding hydrogens is 396 g/mol. The van der Waals surface area contributed by atoms with Gasteiger partial charge < -0.3 is 4.74 Å². The zero-order chi connectivity index (χ0) is 22.4. The molecule has 6 rings (SSSR count). The largest absolute Gasteiger partial charge is 0.496 e. The maximum absolute atomic E-state index is 9.67. The molecule has 0 amide bonds. The second kappa shape index (κ2) is 7.14. The van der Waals surface area contributed by atoms with Crippen molar-refractivity contribution in [3.63, 3.8) is 0 Å². The predicted molar refractivity (Wildman–Crippen MR) is 116 cm³/mol. The third-order valence-electron chi connectivity index (χ3n) is 6.39. The van der Waals surface area contributed by atoms with Gasteiger partial charge in [0.25, 0.3) is 0 Å². The summed E-state index contributed by atoms with van der Waals surface area (Å²) in [6, 6.07) is 25.4. The van der Waals surface area contributed by atoms with Gasteiger partial charge in [0.2, 0.25) is 0 Å². The summed E-state index contributed by atoms with van der Waals surface area (Å²) >= 11 is 0. The van der Waals surface area contributed by atoms with Crippen LogP contribution in [0.1, 0.15) is 45.2 Å². The molecule has 2 bridgehead atoms. The topological polar surface area (TPSA) is 104 Å². The zero-order valence-electron chi connectivity index (χ0n) is 17.0. The Balaban J connectivity index is 2.09. The number of hydrogen-bond acceptors (Lipinski definition) is 5. The first kappa shape index (κ1) is 19.1. The molecule has 2 atom stereocenters. The van der Waals surface area contributed by atoms with E-state index in [1.807, 2.05) is 54.6 Å². The molecule has 5 nitrogen and oxygen atoms in total. The summed E-state index contributed by atoms with van der Waals surface area (Å²) in [6.07, 6.45) is 0. The standard InChI is InChI=1S/C27H14N4O/c1-32-22-8-4-7-21-23-19-5-2-3-6-20(19)27(24(21)22)26-18(16(13-30)14-31)10-9-17(25(23)26)15(11-28)12-29/h2-10,23,27H,1H3/t23-,27+/m1/s1. The quantitative estimate of drug-likeness (QED) is 0.422. The molecule has 3 aromatic carbocycles. The highest BCUT2D eigenvalue weighted by molar-refractivity contribution is 5.80. The third-order valence-corrected chi connectivity index (χ3v) is 6.39. The highest BCUT2D eigenvalue weighted by Gasteiger charge is 2.44. The Morgan fingerprint density at radius 3 is 1.66 bits per heavy atom. The van der Waals surface area contributed by atoms with E-state index in [1.165, 1.54) is 0 Å². The normalized spacial score (nSPS) is 16.2. The lowest BCUT2D eigenvalue weighted by molar-refractivity contribution is 0.406. The highest BCUT2D eigenvalue weighted by atomic mass is 16.5. The minimum atomic E-state index is -0.289. The second-order valence-corrected chi connectivity index (χ2v) is 7.64. The van der Waals surface area contributed by atoms with Gasteiger partial charge >= 0.3 is 0 Å². The summed E-state index contributed by atoms with van der Waals surface area (Å²) < 4.78 is 5.72. The molecule has 0 fully saturated rings. The average molecular weight is 410 g/mol. The van der Waals surface area contributed by atoms with Crippen LogP contribution in [0, 0.1) is 45.3 Å². The van der Waals surface area contributed by atoms with Gasteiger partial charge in [-0.25, -0.2) is 0 Å². The van der Waals surface area contributed by atoms with E-state index in [-0.39, 0.29) is 23.0 Å². The van der Waals surface area contributed by atoms with Crippen LogP contribution >= 0.6 is 0 Å². The van der Waals surface area contributed by atoms with E-state index in [0.717, 1.165) is 39.1 Å². The Morgan fingerprint density at radius 1 is 0.625 bits per heavy atom. The number of methoxy groups -OCH3 is 1. The molecule has 3 aliphatic carbocycles. The Hall–Kier alpha value is -4.84. The summed E-state index contributed by atoms with van der Waals surface area (Å²) in [5.74, 6) is 0.193.